The van der Waals surface area contributed by atoms with Crippen LogP contribution in [0, 0.1) is 17.6 Å². The SMILES string of the molecule is CS(=O)(=O)NC1CCN(C(=O)C2CC2c2ccccc2-c2cccc(F)c2F)C1. The highest BCUT2D eigenvalue weighted by molar-refractivity contribution is 7.88. The van der Waals surface area contributed by atoms with Crippen molar-refractivity contribution < 1.29 is 22.0 Å². The molecule has 1 amide bonds. The third-order valence-corrected chi connectivity index (χ3v) is 6.35. The van der Waals surface area contributed by atoms with Gasteiger partial charge in [-0.05, 0) is 36.0 Å². The first-order valence-electron chi connectivity index (χ1n) is 9.54. The molecule has 2 aromatic carbocycles. The van der Waals surface area contributed by atoms with E-state index in [0.29, 0.717) is 31.5 Å². The van der Waals surface area contributed by atoms with Gasteiger partial charge < -0.3 is 4.90 Å². The van der Waals surface area contributed by atoms with Gasteiger partial charge in [0.05, 0.1) is 6.26 Å². The Morgan fingerprint density at radius 1 is 1.10 bits per heavy atom. The van der Waals surface area contributed by atoms with Gasteiger partial charge in [-0.2, -0.15) is 0 Å². The number of halogens is 2. The zero-order chi connectivity index (χ0) is 20.8. The van der Waals surface area contributed by atoms with Crippen molar-refractivity contribution >= 4 is 15.9 Å². The molecule has 2 fully saturated rings. The van der Waals surface area contributed by atoms with Gasteiger partial charge in [-0.1, -0.05) is 36.4 Å². The fraction of sp³-hybridized carbons (Fsp3) is 0.381. The lowest BCUT2D eigenvalue weighted by molar-refractivity contribution is -0.131. The minimum atomic E-state index is -3.31. The number of likely N-dealkylation sites (tertiary alicyclic amines) is 1. The van der Waals surface area contributed by atoms with Crippen LogP contribution in [-0.4, -0.2) is 44.6 Å². The van der Waals surface area contributed by atoms with Crippen LogP contribution in [-0.2, 0) is 14.8 Å². The Kier molecular flexibility index (Phi) is 5.16. The van der Waals surface area contributed by atoms with Crippen LogP contribution in [0.3, 0.4) is 0 Å². The second-order valence-electron chi connectivity index (χ2n) is 7.80. The maximum absolute atomic E-state index is 14.3. The normalized spacial score (nSPS) is 24.0. The topological polar surface area (TPSA) is 66.5 Å². The van der Waals surface area contributed by atoms with Crippen LogP contribution in [0.4, 0.5) is 8.78 Å². The lowest BCUT2D eigenvalue weighted by atomic mass is 9.95. The van der Waals surface area contributed by atoms with Gasteiger partial charge in [-0.25, -0.2) is 21.9 Å². The molecule has 3 unspecified atom stereocenters. The fourth-order valence-corrected chi connectivity index (χ4v) is 4.98. The first kappa shape index (κ1) is 20.0. The Morgan fingerprint density at radius 3 is 2.59 bits per heavy atom. The van der Waals surface area contributed by atoms with E-state index in [1.165, 1.54) is 6.07 Å². The van der Waals surface area contributed by atoms with Crippen molar-refractivity contribution in [3.8, 4) is 11.1 Å². The van der Waals surface area contributed by atoms with Crippen LogP contribution in [0.1, 0.15) is 24.3 Å². The molecule has 154 valence electrons. The zero-order valence-electron chi connectivity index (χ0n) is 15.9. The van der Waals surface area contributed by atoms with E-state index in [0.717, 1.165) is 17.9 Å². The highest BCUT2D eigenvalue weighted by Crippen LogP contribution is 2.51. The number of rotatable bonds is 5. The largest absolute Gasteiger partial charge is 0.341 e. The van der Waals surface area contributed by atoms with Gasteiger partial charge in [-0.15, -0.1) is 0 Å². The maximum atomic E-state index is 14.3. The Balaban J connectivity index is 1.50. The fourth-order valence-electron chi connectivity index (χ4n) is 4.18. The van der Waals surface area contributed by atoms with Crippen molar-refractivity contribution in [3.63, 3.8) is 0 Å². The highest BCUT2D eigenvalue weighted by Gasteiger charge is 2.47. The average Bonchev–Trinajstić information content (AvgIpc) is 3.34. The molecule has 0 radical (unpaired) electrons. The van der Waals surface area contributed by atoms with E-state index in [-0.39, 0.29) is 29.3 Å². The first-order valence-corrected chi connectivity index (χ1v) is 11.4. The molecule has 0 spiro atoms. The van der Waals surface area contributed by atoms with Crippen LogP contribution in [0.25, 0.3) is 11.1 Å². The summed E-state index contributed by atoms with van der Waals surface area (Å²) in [7, 11) is -3.31. The van der Waals surface area contributed by atoms with E-state index in [1.807, 2.05) is 12.1 Å². The Labute approximate surface area is 168 Å². The minimum absolute atomic E-state index is 0.0117. The predicted octanol–water partition coefficient (Wildman–Crippen LogP) is 2.89. The third kappa shape index (κ3) is 4.18. The molecule has 29 heavy (non-hydrogen) atoms. The molecule has 8 heteroatoms. The number of sulfonamides is 1. The Bertz CT molecular complexity index is 1060. The Hall–Kier alpha value is -2.32. The van der Waals surface area contributed by atoms with Crippen LogP contribution in [0.5, 0.6) is 0 Å². The summed E-state index contributed by atoms with van der Waals surface area (Å²) in [6.07, 6.45) is 2.34. The zero-order valence-corrected chi connectivity index (χ0v) is 16.8. The van der Waals surface area contributed by atoms with Crippen molar-refractivity contribution in [2.24, 2.45) is 5.92 Å². The molecule has 2 aromatic rings. The highest BCUT2D eigenvalue weighted by atomic mass is 32.2. The predicted molar refractivity (Wildman–Crippen MR) is 106 cm³/mol. The van der Waals surface area contributed by atoms with Gasteiger partial charge in [0.1, 0.15) is 0 Å². The van der Waals surface area contributed by atoms with Gasteiger partial charge in [0.2, 0.25) is 15.9 Å². The first-order chi connectivity index (χ1) is 13.7. The number of amides is 1. The van der Waals surface area contributed by atoms with E-state index in [4.69, 9.17) is 0 Å². The van der Waals surface area contributed by atoms with E-state index >= 15 is 0 Å². The number of benzene rings is 2. The smallest absolute Gasteiger partial charge is 0.226 e. The number of hydrogen-bond acceptors (Lipinski definition) is 3. The lowest BCUT2D eigenvalue weighted by Crippen LogP contribution is -2.38. The van der Waals surface area contributed by atoms with Gasteiger partial charge in [-0.3, -0.25) is 4.79 Å². The van der Waals surface area contributed by atoms with Crippen molar-refractivity contribution in [1.82, 2.24) is 9.62 Å². The van der Waals surface area contributed by atoms with Gasteiger partial charge >= 0.3 is 0 Å². The summed E-state index contributed by atoms with van der Waals surface area (Å²) >= 11 is 0. The molecule has 1 saturated heterocycles. The summed E-state index contributed by atoms with van der Waals surface area (Å²) in [6.45, 7) is 0.866. The molecule has 1 N–H and O–H groups in total. The average molecular weight is 420 g/mol. The molecule has 0 bridgehead atoms. The summed E-state index contributed by atoms with van der Waals surface area (Å²) in [6, 6.07) is 11.0. The summed E-state index contributed by atoms with van der Waals surface area (Å²) < 4.78 is 53.4. The molecule has 2 aliphatic rings. The monoisotopic (exact) mass is 420 g/mol. The van der Waals surface area contributed by atoms with Crippen LogP contribution in [0.15, 0.2) is 42.5 Å². The summed E-state index contributed by atoms with van der Waals surface area (Å²) in [5, 5.41) is 0. The van der Waals surface area contributed by atoms with E-state index in [1.54, 1.807) is 23.1 Å². The van der Waals surface area contributed by atoms with Crippen LogP contribution < -0.4 is 4.72 Å². The molecule has 4 rings (SSSR count). The number of nitrogens with one attached hydrogen (secondary N) is 1. The third-order valence-electron chi connectivity index (χ3n) is 5.59. The molecular weight excluding hydrogens is 398 g/mol. The van der Waals surface area contributed by atoms with Crippen LogP contribution in [0.2, 0.25) is 0 Å². The van der Waals surface area contributed by atoms with Crippen LogP contribution >= 0.6 is 0 Å². The molecule has 1 aliphatic heterocycles. The second-order valence-corrected chi connectivity index (χ2v) is 9.58. The van der Waals surface area contributed by atoms with Crippen molar-refractivity contribution in [3.05, 3.63) is 59.7 Å². The number of nitrogens with zero attached hydrogens (tertiary/aromatic N) is 1. The molecule has 1 aliphatic carbocycles. The Morgan fingerprint density at radius 2 is 1.83 bits per heavy atom. The molecule has 1 saturated carbocycles. The van der Waals surface area contributed by atoms with Gasteiger partial charge in [0.15, 0.2) is 11.6 Å². The molecular formula is C21H22F2N2O3S. The number of hydrogen-bond donors (Lipinski definition) is 1. The maximum Gasteiger partial charge on any atom is 0.226 e. The van der Waals surface area contributed by atoms with Gasteiger partial charge in [0.25, 0.3) is 0 Å². The summed E-state index contributed by atoms with van der Waals surface area (Å²) in [4.78, 5) is 14.6. The van der Waals surface area contributed by atoms with Crippen molar-refractivity contribution in [2.45, 2.75) is 24.8 Å². The van der Waals surface area contributed by atoms with Crippen molar-refractivity contribution in [1.29, 1.82) is 0 Å². The standard InChI is InChI=1S/C21H22F2N2O3S/c1-29(27,28)24-13-9-10-25(12-13)21(26)18-11-17(18)15-6-3-2-5-14(15)16-7-4-8-19(22)20(16)23/h2-8,13,17-18,24H,9-12H2,1H3. The van der Waals surface area contributed by atoms with E-state index in [2.05, 4.69) is 4.72 Å². The summed E-state index contributed by atoms with van der Waals surface area (Å²) in [5.74, 6) is -2.07. The second kappa shape index (κ2) is 7.50. The molecule has 3 atom stereocenters. The van der Waals surface area contributed by atoms with E-state index < -0.39 is 21.7 Å². The molecule has 0 aromatic heterocycles. The lowest BCUT2D eigenvalue weighted by Gasteiger charge is -2.17. The minimum Gasteiger partial charge on any atom is -0.341 e. The molecule has 1 heterocycles. The number of carbonyl (C=O) groups is 1. The number of carbonyl (C=O) groups excluding carboxylic acids is 1. The van der Waals surface area contributed by atoms with E-state index in [9.17, 15) is 22.0 Å². The van der Waals surface area contributed by atoms with Crippen molar-refractivity contribution in [2.75, 3.05) is 19.3 Å². The van der Waals surface area contributed by atoms with Gasteiger partial charge in [0, 0.05) is 30.6 Å². The summed E-state index contributed by atoms with van der Waals surface area (Å²) in [5.41, 5.74) is 1.63. The quantitative estimate of drug-likeness (QED) is 0.809. The molecule has 5 nitrogen and oxygen atoms in total.